The van der Waals surface area contributed by atoms with Gasteiger partial charge in [-0.15, -0.1) is 0 Å². The first-order valence-corrected chi connectivity index (χ1v) is 12.4. The first-order chi connectivity index (χ1) is 18.4. The van der Waals surface area contributed by atoms with Gasteiger partial charge in [0.2, 0.25) is 11.7 Å². The second kappa shape index (κ2) is 8.33. The highest BCUT2D eigenvalue weighted by atomic mass is 35.5. The number of aromatic amines is 2. The van der Waals surface area contributed by atoms with Gasteiger partial charge in [-0.25, -0.2) is 9.37 Å². The van der Waals surface area contributed by atoms with E-state index in [4.69, 9.17) is 26.2 Å². The number of halogens is 2. The summed E-state index contributed by atoms with van der Waals surface area (Å²) in [5.74, 6) is 1.59. The minimum atomic E-state index is -1.09. The largest absolute Gasteiger partial charge is 0.356 e. The van der Waals surface area contributed by atoms with Crippen LogP contribution in [0.1, 0.15) is 40.5 Å². The molecule has 6 aromatic rings. The van der Waals surface area contributed by atoms with E-state index in [2.05, 4.69) is 30.6 Å². The molecule has 0 spiro atoms. The molecule has 3 N–H and O–H groups in total. The molecular formula is C26H21ClFN9O. The van der Waals surface area contributed by atoms with Gasteiger partial charge in [-0.05, 0) is 60.5 Å². The third-order valence-corrected chi connectivity index (χ3v) is 7.17. The molecule has 1 aliphatic rings. The van der Waals surface area contributed by atoms with Crippen LogP contribution in [-0.4, -0.2) is 40.1 Å². The molecule has 2 atom stereocenters. The molecule has 1 unspecified atom stereocenters. The molecule has 10 nitrogen and oxygen atoms in total. The maximum absolute atomic E-state index is 13.5. The van der Waals surface area contributed by atoms with Gasteiger partial charge in [-0.1, -0.05) is 16.8 Å². The zero-order valence-electron chi connectivity index (χ0n) is 20.3. The summed E-state index contributed by atoms with van der Waals surface area (Å²) in [6.07, 6.45) is 2.44. The Morgan fingerprint density at radius 1 is 1.13 bits per heavy atom. The SMILES string of the molecule is Cc1nc(C2(c3ccn(C)n3)N[C@@H](c3nc(-c4ccc(F)cc4)n[nH]3)Cc3c2[nH]c2ccc(Cl)cc32)no1. The Morgan fingerprint density at radius 2 is 1.97 bits per heavy atom. The molecule has 4 aromatic heterocycles. The van der Waals surface area contributed by atoms with Crippen molar-refractivity contribution in [1.82, 2.24) is 45.4 Å². The highest BCUT2D eigenvalue weighted by Gasteiger charge is 2.51. The fourth-order valence-electron chi connectivity index (χ4n) is 5.22. The minimum absolute atomic E-state index is 0.320. The first kappa shape index (κ1) is 22.8. The van der Waals surface area contributed by atoms with Crippen LogP contribution < -0.4 is 5.32 Å². The van der Waals surface area contributed by atoms with Gasteiger partial charge >= 0.3 is 0 Å². The summed E-state index contributed by atoms with van der Waals surface area (Å²) in [5.41, 5.74) is 3.09. The van der Waals surface area contributed by atoms with Gasteiger partial charge in [0.15, 0.2) is 11.4 Å². The molecule has 190 valence electrons. The predicted octanol–water partition coefficient (Wildman–Crippen LogP) is 4.35. The molecule has 38 heavy (non-hydrogen) atoms. The van der Waals surface area contributed by atoms with Gasteiger partial charge in [-0.3, -0.25) is 15.1 Å². The van der Waals surface area contributed by atoms with Crippen molar-refractivity contribution >= 4 is 22.5 Å². The van der Waals surface area contributed by atoms with E-state index < -0.39 is 5.54 Å². The molecule has 0 saturated carbocycles. The van der Waals surface area contributed by atoms with Gasteiger partial charge in [0.25, 0.3) is 0 Å². The van der Waals surface area contributed by atoms with Gasteiger partial charge in [-0.2, -0.15) is 15.2 Å². The first-order valence-electron chi connectivity index (χ1n) is 12.0. The van der Waals surface area contributed by atoms with Crippen LogP contribution in [0.3, 0.4) is 0 Å². The van der Waals surface area contributed by atoms with Crippen molar-refractivity contribution in [2.45, 2.75) is 24.9 Å². The Balaban J connectivity index is 1.45. The predicted molar refractivity (Wildman–Crippen MR) is 137 cm³/mol. The molecule has 7 rings (SSSR count). The number of fused-ring (bicyclic) bond motifs is 3. The second-order valence-electron chi connectivity index (χ2n) is 9.38. The van der Waals surface area contributed by atoms with Crippen molar-refractivity contribution in [3.8, 4) is 11.4 Å². The van der Waals surface area contributed by atoms with Crippen LogP contribution in [0.4, 0.5) is 4.39 Å². The van der Waals surface area contributed by atoms with E-state index in [1.54, 1.807) is 23.7 Å². The maximum atomic E-state index is 13.5. The van der Waals surface area contributed by atoms with Crippen LogP contribution in [-0.2, 0) is 19.0 Å². The standard InChI is InChI=1S/C26H21ClFN9O/c1-13-29-25(36-38-13)26(21-9-10-37(2)35-21)22-18(17-11-15(27)5-8-19(17)30-22)12-20(32-26)24-31-23(33-34-24)14-3-6-16(28)7-4-14/h3-11,20,30,32H,12H2,1-2H3,(H,31,33,34)/t20-,26?/m1/s1. The molecule has 12 heteroatoms. The molecule has 1 aliphatic heterocycles. The van der Waals surface area contributed by atoms with Crippen molar-refractivity contribution in [3.05, 3.63) is 100 Å². The minimum Gasteiger partial charge on any atom is -0.356 e. The second-order valence-corrected chi connectivity index (χ2v) is 9.82. The van der Waals surface area contributed by atoms with Gasteiger partial charge in [0.1, 0.15) is 11.6 Å². The van der Waals surface area contributed by atoms with Crippen LogP contribution in [0.15, 0.2) is 59.3 Å². The highest BCUT2D eigenvalue weighted by Crippen LogP contribution is 2.45. The number of hydrogen-bond donors (Lipinski definition) is 3. The number of aromatic nitrogens is 8. The van der Waals surface area contributed by atoms with Crippen LogP contribution in [0.2, 0.25) is 5.02 Å². The Morgan fingerprint density at radius 3 is 2.71 bits per heavy atom. The van der Waals surface area contributed by atoms with E-state index in [1.165, 1.54) is 12.1 Å². The summed E-state index contributed by atoms with van der Waals surface area (Å²) in [5, 5.41) is 22.0. The molecule has 0 radical (unpaired) electrons. The van der Waals surface area contributed by atoms with E-state index in [-0.39, 0.29) is 11.9 Å². The lowest BCUT2D eigenvalue weighted by molar-refractivity contribution is 0.310. The third kappa shape index (κ3) is 3.46. The molecule has 0 amide bonds. The zero-order chi connectivity index (χ0) is 26.0. The Bertz CT molecular complexity index is 1760. The van der Waals surface area contributed by atoms with Crippen LogP contribution >= 0.6 is 11.6 Å². The van der Waals surface area contributed by atoms with Crippen LogP contribution in [0, 0.1) is 12.7 Å². The molecule has 5 heterocycles. The highest BCUT2D eigenvalue weighted by molar-refractivity contribution is 6.31. The summed E-state index contributed by atoms with van der Waals surface area (Å²) in [7, 11) is 1.86. The molecule has 0 aliphatic carbocycles. The Labute approximate surface area is 220 Å². The summed E-state index contributed by atoms with van der Waals surface area (Å²) in [4.78, 5) is 13.0. The van der Waals surface area contributed by atoms with E-state index in [0.29, 0.717) is 46.1 Å². The van der Waals surface area contributed by atoms with E-state index >= 15 is 0 Å². The fraction of sp³-hybridized carbons (Fsp3) is 0.192. The molecular weight excluding hydrogens is 509 g/mol. The van der Waals surface area contributed by atoms with Crippen LogP contribution in [0.25, 0.3) is 22.3 Å². The smallest absolute Gasteiger partial charge is 0.223 e. The van der Waals surface area contributed by atoms with E-state index in [9.17, 15) is 4.39 Å². The number of rotatable bonds is 4. The van der Waals surface area contributed by atoms with Gasteiger partial charge < -0.3 is 9.51 Å². The number of nitrogens with zero attached hydrogens (tertiary/aromatic N) is 6. The summed E-state index contributed by atoms with van der Waals surface area (Å²) in [6, 6.07) is 13.4. The summed E-state index contributed by atoms with van der Waals surface area (Å²) >= 11 is 6.43. The van der Waals surface area contributed by atoms with Crippen molar-refractivity contribution in [3.63, 3.8) is 0 Å². The molecule has 2 aromatic carbocycles. The number of benzene rings is 2. The lowest BCUT2D eigenvalue weighted by atomic mass is 9.80. The van der Waals surface area contributed by atoms with Crippen molar-refractivity contribution in [2.24, 2.45) is 7.05 Å². The molecule has 0 saturated heterocycles. The maximum Gasteiger partial charge on any atom is 0.223 e. The number of aryl methyl sites for hydroxylation is 2. The van der Waals surface area contributed by atoms with E-state index in [1.807, 2.05) is 37.5 Å². The Kier molecular flexibility index (Phi) is 5.00. The van der Waals surface area contributed by atoms with E-state index in [0.717, 1.165) is 22.2 Å². The molecule has 0 fully saturated rings. The number of H-pyrrole nitrogens is 2. The zero-order valence-corrected chi connectivity index (χ0v) is 21.1. The number of nitrogens with one attached hydrogen (secondary N) is 3. The van der Waals surface area contributed by atoms with Crippen molar-refractivity contribution in [1.29, 1.82) is 0 Å². The molecule has 0 bridgehead atoms. The lowest BCUT2D eigenvalue weighted by Crippen LogP contribution is -2.52. The summed E-state index contributed by atoms with van der Waals surface area (Å²) in [6.45, 7) is 1.75. The lowest BCUT2D eigenvalue weighted by Gasteiger charge is -2.38. The number of hydrogen-bond acceptors (Lipinski definition) is 7. The monoisotopic (exact) mass is 529 g/mol. The Hall–Kier alpha value is -4.35. The fourth-order valence-corrected chi connectivity index (χ4v) is 5.40. The average Bonchev–Trinajstić information content (AvgIpc) is 3.71. The van der Waals surface area contributed by atoms with Gasteiger partial charge in [0.05, 0.1) is 17.4 Å². The van der Waals surface area contributed by atoms with Crippen molar-refractivity contribution in [2.75, 3.05) is 0 Å². The third-order valence-electron chi connectivity index (χ3n) is 6.94. The average molecular weight is 530 g/mol. The van der Waals surface area contributed by atoms with Crippen molar-refractivity contribution < 1.29 is 8.91 Å². The van der Waals surface area contributed by atoms with Crippen LogP contribution in [0.5, 0.6) is 0 Å². The quantitative estimate of drug-likeness (QED) is 0.310. The summed E-state index contributed by atoms with van der Waals surface area (Å²) < 4.78 is 20.7. The van der Waals surface area contributed by atoms with Gasteiger partial charge in [0, 0.05) is 41.7 Å². The normalized spacial score (nSPS) is 19.2. The topological polar surface area (TPSA) is 126 Å².